The molecule has 0 unspecified atom stereocenters. The summed E-state index contributed by atoms with van der Waals surface area (Å²) in [6.45, 7) is 1.60. The summed E-state index contributed by atoms with van der Waals surface area (Å²) in [6.07, 6.45) is 0. The van der Waals surface area contributed by atoms with Crippen LogP contribution in [0.15, 0.2) is 42.5 Å². The van der Waals surface area contributed by atoms with Crippen molar-refractivity contribution >= 4 is 46.2 Å². The van der Waals surface area contributed by atoms with Crippen LogP contribution in [0.4, 0.5) is 11.4 Å². The van der Waals surface area contributed by atoms with E-state index in [9.17, 15) is 14.9 Å². The predicted octanol–water partition coefficient (Wildman–Crippen LogP) is 3.68. The molecule has 0 aliphatic heterocycles. The van der Waals surface area contributed by atoms with Gasteiger partial charge in [-0.15, -0.1) is 0 Å². The monoisotopic (exact) mass is 349 g/mol. The van der Waals surface area contributed by atoms with E-state index in [0.717, 1.165) is 0 Å². The van der Waals surface area contributed by atoms with E-state index in [2.05, 4.69) is 10.6 Å². The smallest absolute Gasteiger partial charge is 0.274 e. The molecule has 2 N–H and O–H groups in total. The summed E-state index contributed by atoms with van der Waals surface area (Å²) in [5.74, 6) is -0.423. The second-order valence-corrected chi connectivity index (χ2v) is 5.47. The van der Waals surface area contributed by atoms with Crippen molar-refractivity contribution in [1.82, 2.24) is 5.32 Å². The van der Waals surface area contributed by atoms with E-state index in [0.29, 0.717) is 21.8 Å². The van der Waals surface area contributed by atoms with E-state index < -0.39 is 10.8 Å². The third-order valence-corrected chi connectivity index (χ3v) is 3.50. The number of amides is 1. The van der Waals surface area contributed by atoms with E-state index >= 15 is 0 Å². The number of hydrogen-bond acceptors (Lipinski definition) is 4. The molecule has 0 radical (unpaired) electrons. The molecule has 8 heteroatoms. The molecule has 0 aliphatic carbocycles. The van der Waals surface area contributed by atoms with Gasteiger partial charge in [0.1, 0.15) is 0 Å². The lowest BCUT2D eigenvalue weighted by Gasteiger charge is -2.11. The van der Waals surface area contributed by atoms with Crippen molar-refractivity contribution < 1.29 is 9.72 Å². The molecular formula is C15H12ClN3O3S. The topological polar surface area (TPSA) is 84.3 Å². The number of anilines is 1. The Balaban J connectivity index is 2.10. The third-order valence-electron chi connectivity index (χ3n) is 3.06. The first-order chi connectivity index (χ1) is 10.9. The summed E-state index contributed by atoms with van der Waals surface area (Å²) in [6, 6.07) is 11.0. The van der Waals surface area contributed by atoms with Gasteiger partial charge in [0.2, 0.25) is 0 Å². The van der Waals surface area contributed by atoms with Gasteiger partial charge in [0, 0.05) is 16.7 Å². The number of halogens is 1. The number of benzene rings is 2. The number of nitrogens with zero attached hydrogens (tertiary/aromatic N) is 1. The lowest BCUT2D eigenvalue weighted by molar-refractivity contribution is -0.385. The first-order valence-electron chi connectivity index (χ1n) is 6.50. The quantitative estimate of drug-likeness (QED) is 0.501. The van der Waals surface area contributed by atoms with Gasteiger partial charge >= 0.3 is 0 Å². The third kappa shape index (κ3) is 4.24. The Labute approximate surface area is 142 Å². The standard InChI is InChI=1S/C15H12ClN3O3S/c1-9-12(6-3-7-13(9)19(21)22)17-15(23)18-14(20)10-4-2-5-11(16)8-10/h2-8H,1H3,(H2,17,18,20,23). The van der Waals surface area contributed by atoms with Crippen molar-refractivity contribution in [2.24, 2.45) is 0 Å². The summed E-state index contributed by atoms with van der Waals surface area (Å²) in [7, 11) is 0. The molecule has 6 nitrogen and oxygen atoms in total. The van der Waals surface area contributed by atoms with Crippen LogP contribution in [0.1, 0.15) is 15.9 Å². The SMILES string of the molecule is Cc1c(NC(=S)NC(=O)c2cccc(Cl)c2)cccc1[N+](=O)[O-]. The van der Waals surface area contributed by atoms with Crippen molar-refractivity contribution in [3.05, 3.63) is 68.7 Å². The van der Waals surface area contributed by atoms with Crippen LogP contribution < -0.4 is 10.6 Å². The molecule has 1 amide bonds. The molecule has 2 aromatic rings. The Morgan fingerprint density at radius 3 is 2.61 bits per heavy atom. The highest BCUT2D eigenvalue weighted by atomic mass is 35.5. The van der Waals surface area contributed by atoms with Crippen LogP contribution in [0.3, 0.4) is 0 Å². The Hall–Kier alpha value is -2.51. The second kappa shape index (κ2) is 7.17. The fraction of sp³-hybridized carbons (Fsp3) is 0.0667. The average Bonchev–Trinajstić information content (AvgIpc) is 2.49. The minimum atomic E-state index is -0.478. The fourth-order valence-corrected chi connectivity index (χ4v) is 2.31. The van der Waals surface area contributed by atoms with Crippen molar-refractivity contribution in [3.8, 4) is 0 Å². The Morgan fingerprint density at radius 2 is 1.96 bits per heavy atom. The number of nitrogens with one attached hydrogen (secondary N) is 2. The first-order valence-corrected chi connectivity index (χ1v) is 7.29. The van der Waals surface area contributed by atoms with Gasteiger partial charge < -0.3 is 5.32 Å². The van der Waals surface area contributed by atoms with Gasteiger partial charge in [-0.2, -0.15) is 0 Å². The number of thiocarbonyl (C=S) groups is 1. The van der Waals surface area contributed by atoms with Gasteiger partial charge in [0.05, 0.1) is 16.2 Å². The van der Waals surface area contributed by atoms with E-state index in [4.69, 9.17) is 23.8 Å². The molecular weight excluding hydrogens is 338 g/mol. The van der Waals surface area contributed by atoms with Crippen LogP contribution in [0, 0.1) is 17.0 Å². The molecule has 0 fully saturated rings. The summed E-state index contributed by atoms with van der Waals surface area (Å²) in [4.78, 5) is 22.5. The summed E-state index contributed by atoms with van der Waals surface area (Å²) >= 11 is 10.9. The molecule has 2 rings (SSSR count). The lowest BCUT2D eigenvalue weighted by Crippen LogP contribution is -2.34. The maximum atomic E-state index is 12.1. The minimum Gasteiger partial charge on any atom is -0.332 e. The predicted molar refractivity (Wildman–Crippen MR) is 93.0 cm³/mol. The number of carbonyl (C=O) groups is 1. The largest absolute Gasteiger partial charge is 0.332 e. The Bertz CT molecular complexity index is 795. The number of rotatable bonds is 3. The molecule has 0 aromatic heterocycles. The maximum Gasteiger partial charge on any atom is 0.274 e. The highest BCUT2D eigenvalue weighted by molar-refractivity contribution is 7.80. The van der Waals surface area contributed by atoms with Crippen molar-refractivity contribution in [1.29, 1.82) is 0 Å². The van der Waals surface area contributed by atoms with E-state index in [-0.39, 0.29) is 10.8 Å². The second-order valence-electron chi connectivity index (χ2n) is 4.63. The zero-order chi connectivity index (χ0) is 17.0. The Kier molecular flexibility index (Phi) is 5.25. The van der Waals surface area contributed by atoms with Crippen LogP contribution in [0.2, 0.25) is 5.02 Å². The van der Waals surface area contributed by atoms with Crippen molar-refractivity contribution in [2.45, 2.75) is 6.92 Å². The first kappa shape index (κ1) is 16.9. The summed E-state index contributed by atoms with van der Waals surface area (Å²) < 4.78 is 0. The number of hydrogen-bond donors (Lipinski definition) is 2. The van der Waals surface area contributed by atoms with Gasteiger partial charge in [0.15, 0.2) is 5.11 Å². The zero-order valence-corrected chi connectivity index (χ0v) is 13.6. The number of nitro groups is 1. The van der Waals surface area contributed by atoms with E-state index in [1.807, 2.05) is 0 Å². The molecule has 0 bridgehead atoms. The molecule has 118 valence electrons. The molecule has 0 atom stereocenters. The van der Waals surface area contributed by atoms with Gasteiger partial charge in [-0.25, -0.2) is 0 Å². The molecule has 23 heavy (non-hydrogen) atoms. The van der Waals surface area contributed by atoms with E-state index in [1.165, 1.54) is 18.2 Å². The van der Waals surface area contributed by atoms with Crippen LogP contribution in [0.25, 0.3) is 0 Å². The highest BCUT2D eigenvalue weighted by Crippen LogP contribution is 2.24. The van der Waals surface area contributed by atoms with Gasteiger partial charge in [-0.3, -0.25) is 20.2 Å². The summed E-state index contributed by atoms with van der Waals surface area (Å²) in [5.41, 5.74) is 1.21. The highest BCUT2D eigenvalue weighted by Gasteiger charge is 2.15. The minimum absolute atomic E-state index is 0.0287. The van der Waals surface area contributed by atoms with E-state index in [1.54, 1.807) is 31.2 Å². The van der Waals surface area contributed by atoms with Crippen LogP contribution in [-0.4, -0.2) is 15.9 Å². The maximum absolute atomic E-state index is 12.1. The summed E-state index contributed by atoms with van der Waals surface area (Å²) in [5, 5.41) is 16.7. The molecule has 0 spiro atoms. The van der Waals surface area contributed by atoms with Gasteiger partial charge in [-0.1, -0.05) is 23.7 Å². The Morgan fingerprint density at radius 1 is 1.26 bits per heavy atom. The zero-order valence-electron chi connectivity index (χ0n) is 12.0. The molecule has 0 saturated heterocycles. The normalized spacial score (nSPS) is 10.0. The van der Waals surface area contributed by atoms with Gasteiger partial charge in [0.25, 0.3) is 11.6 Å². The van der Waals surface area contributed by atoms with Crippen molar-refractivity contribution in [3.63, 3.8) is 0 Å². The van der Waals surface area contributed by atoms with Crippen molar-refractivity contribution in [2.75, 3.05) is 5.32 Å². The number of nitro benzene ring substituents is 1. The molecule has 0 aliphatic rings. The molecule has 0 saturated carbocycles. The fourth-order valence-electron chi connectivity index (χ4n) is 1.92. The van der Waals surface area contributed by atoms with Crippen LogP contribution in [0.5, 0.6) is 0 Å². The molecule has 2 aromatic carbocycles. The molecule has 0 heterocycles. The van der Waals surface area contributed by atoms with Crippen LogP contribution >= 0.6 is 23.8 Å². The van der Waals surface area contributed by atoms with Crippen LogP contribution in [-0.2, 0) is 0 Å². The van der Waals surface area contributed by atoms with Gasteiger partial charge in [-0.05, 0) is 43.4 Å². The lowest BCUT2D eigenvalue weighted by atomic mass is 10.1. The average molecular weight is 350 g/mol. The number of carbonyl (C=O) groups excluding carboxylic acids is 1.